The van der Waals surface area contributed by atoms with Crippen LogP contribution in [-0.4, -0.2) is 12.0 Å². The zero-order chi connectivity index (χ0) is 14.8. The topological polar surface area (TPSA) is 27.8 Å². The molecule has 2 N–H and O–H groups in total. The first-order chi connectivity index (χ1) is 10.2. The van der Waals surface area contributed by atoms with Crippen molar-refractivity contribution in [2.24, 2.45) is 0 Å². The molecule has 4 heteroatoms. The van der Waals surface area contributed by atoms with E-state index in [4.69, 9.17) is 11.6 Å². The van der Waals surface area contributed by atoms with E-state index in [-0.39, 0.29) is 0 Å². The number of fused-ring (bicyclic) bond motifs is 1. The summed E-state index contributed by atoms with van der Waals surface area (Å²) in [7, 11) is 1.96. The fourth-order valence-electron chi connectivity index (χ4n) is 2.45. The number of aryl methyl sites for hydroxylation is 1. The molecule has 1 heterocycles. The molecule has 0 saturated heterocycles. The van der Waals surface area contributed by atoms with Crippen LogP contribution in [0.15, 0.2) is 52.3 Å². The normalized spacial score (nSPS) is 11.2. The first kappa shape index (κ1) is 14.5. The zero-order valence-electron chi connectivity index (χ0n) is 12.0. The lowest BCUT2D eigenvalue weighted by atomic mass is 10.2. The fraction of sp³-hybridized carbons (Fsp3) is 0.176. The average Bonchev–Trinajstić information content (AvgIpc) is 2.78. The lowest BCUT2D eigenvalue weighted by Crippen LogP contribution is -2.06. The van der Waals surface area contributed by atoms with E-state index in [0.29, 0.717) is 0 Å². The molecule has 0 spiro atoms. The number of aromatic nitrogens is 1. The minimum atomic E-state index is 0.773. The maximum atomic E-state index is 6.17. The van der Waals surface area contributed by atoms with E-state index in [0.717, 1.165) is 11.6 Å². The smallest absolute Gasteiger partial charge is 0.0467 e. The molecule has 0 aliphatic heterocycles. The van der Waals surface area contributed by atoms with Crippen molar-refractivity contribution in [3.05, 3.63) is 58.7 Å². The number of hydrogen-bond donors (Lipinski definition) is 2. The zero-order valence-corrected chi connectivity index (χ0v) is 13.6. The Morgan fingerprint density at radius 2 is 2.00 bits per heavy atom. The number of para-hydroxylation sites is 1. The molecule has 0 radical (unpaired) electrons. The summed E-state index contributed by atoms with van der Waals surface area (Å²) in [5.74, 6) is 0. The van der Waals surface area contributed by atoms with E-state index < -0.39 is 0 Å². The predicted molar refractivity (Wildman–Crippen MR) is 91.4 cm³/mol. The Morgan fingerprint density at radius 3 is 2.81 bits per heavy atom. The highest BCUT2D eigenvalue weighted by Gasteiger charge is 2.12. The number of benzene rings is 2. The minimum absolute atomic E-state index is 0.773. The van der Waals surface area contributed by atoms with Gasteiger partial charge in [0.15, 0.2) is 0 Å². The fourth-order valence-corrected chi connectivity index (χ4v) is 3.86. The van der Waals surface area contributed by atoms with Crippen molar-refractivity contribution < 1.29 is 0 Å². The second-order valence-electron chi connectivity index (χ2n) is 5.01. The van der Waals surface area contributed by atoms with Crippen LogP contribution < -0.4 is 5.32 Å². The first-order valence-corrected chi connectivity index (χ1v) is 8.06. The van der Waals surface area contributed by atoms with E-state index in [2.05, 4.69) is 47.6 Å². The van der Waals surface area contributed by atoms with Crippen molar-refractivity contribution in [3.8, 4) is 0 Å². The summed E-state index contributed by atoms with van der Waals surface area (Å²) in [6.45, 7) is 2.95. The molecule has 1 aromatic heterocycles. The van der Waals surface area contributed by atoms with Crippen LogP contribution in [0.5, 0.6) is 0 Å². The van der Waals surface area contributed by atoms with Gasteiger partial charge in [0, 0.05) is 38.0 Å². The molecule has 0 saturated carbocycles. The van der Waals surface area contributed by atoms with Crippen LogP contribution in [0, 0.1) is 6.92 Å². The van der Waals surface area contributed by atoms with Crippen molar-refractivity contribution in [3.63, 3.8) is 0 Å². The number of H-pyrrole nitrogens is 1. The van der Waals surface area contributed by atoms with E-state index in [9.17, 15) is 0 Å². The van der Waals surface area contributed by atoms with Gasteiger partial charge in [-0.1, -0.05) is 47.6 Å². The Labute approximate surface area is 133 Å². The molecule has 21 heavy (non-hydrogen) atoms. The Balaban J connectivity index is 2.06. The molecule has 0 bridgehead atoms. The first-order valence-electron chi connectivity index (χ1n) is 6.87. The number of aromatic amines is 1. The summed E-state index contributed by atoms with van der Waals surface area (Å²) < 4.78 is 0. The second-order valence-corrected chi connectivity index (χ2v) is 6.50. The molecule has 2 aromatic carbocycles. The van der Waals surface area contributed by atoms with E-state index in [1.165, 1.54) is 32.0 Å². The van der Waals surface area contributed by atoms with Gasteiger partial charge in [-0.3, -0.25) is 0 Å². The third-order valence-corrected chi connectivity index (χ3v) is 5.01. The van der Waals surface area contributed by atoms with E-state index in [1.807, 2.05) is 19.2 Å². The number of halogens is 1. The highest BCUT2D eigenvalue weighted by atomic mass is 35.5. The summed E-state index contributed by atoms with van der Waals surface area (Å²) >= 11 is 7.95. The number of nitrogens with one attached hydrogen (secondary N) is 2. The van der Waals surface area contributed by atoms with Gasteiger partial charge in [-0.15, -0.1) is 0 Å². The Bertz CT molecular complexity index is 780. The van der Waals surface area contributed by atoms with Crippen molar-refractivity contribution in [2.75, 3.05) is 7.05 Å². The SMILES string of the molecule is CNCc1ccc(Cl)cc1Sc1c(C)[nH]c2ccccc12. The summed E-state index contributed by atoms with van der Waals surface area (Å²) in [6.07, 6.45) is 0. The molecule has 0 unspecified atom stereocenters. The maximum Gasteiger partial charge on any atom is 0.0467 e. The third-order valence-electron chi connectivity index (χ3n) is 3.44. The molecule has 2 nitrogen and oxygen atoms in total. The monoisotopic (exact) mass is 316 g/mol. The summed E-state index contributed by atoms with van der Waals surface area (Å²) in [5, 5.41) is 5.24. The van der Waals surface area contributed by atoms with Crippen LogP contribution in [0.4, 0.5) is 0 Å². The van der Waals surface area contributed by atoms with Crippen molar-refractivity contribution in [1.29, 1.82) is 0 Å². The van der Waals surface area contributed by atoms with Crippen LogP contribution in [0.25, 0.3) is 10.9 Å². The standard InChI is InChI=1S/C17H17ClN2S/c1-11-17(14-5-3-4-6-15(14)20-11)21-16-9-13(18)8-7-12(16)10-19-2/h3-9,19-20H,10H2,1-2H3. The average molecular weight is 317 g/mol. The van der Waals surface area contributed by atoms with Gasteiger partial charge in [0.25, 0.3) is 0 Å². The van der Waals surface area contributed by atoms with Crippen LogP contribution in [0.2, 0.25) is 5.02 Å². The molecule has 0 atom stereocenters. The molecular weight excluding hydrogens is 300 g/mol. The van der Waals surface area contributed by atoms with E-state index in [1.54, 1.807) is 11.8 Å². The molecule has 0 fully saturated rings. The lowest BCUT2D eigenvalue weighted by Gasteiger charge is -2.10. The predicted octanol–water partition coefficient (Wildman–Crippen LogP) is 5.00. The van der Waals surface area contributed by atoms with Crippen LogP contribution in [-0.2, 0) is 6.54 Å². The number of hydrogen-bond acceptors (Lipinski definition) is 2. The highest BCUT2D eigenvalue weighted by molar-refractivity contribution is 7.99. The molecule has 3 rings (SSSR count). The summed E-state index contributed by atoms with van der Waals surface area (Å²) in [6, 6.07) is 14.5. The van der Waals surface area contributed by atoms with Gasteiger partial charge >= 0.3 is 0 Å². The van der Waals surface area contributed by atoms with Crippen molar-refractivity contribution in [1.82, 2.24) is 10.3 Å². The largest absolute Gasteiger partial charge is 0.358 e. The Kier molecular flexibility index (Phi) is 4.24. The van der Waals surface area contributed by atoms with Gasteiger partial charge in [0.2, 0.25) is 0 Å². The van der Waals surface area contributed by atoms with Crippen LogP contribution >= 0.6 is 23.4 Å². The Hall–Kier alpha value is -1.42. The molecular formula is C17H17ClN2S. The maximum absolute atomic E-state index is 6.17. The second kappa shape index (κ2) is 6.14. The minimum Gasteiger partial charge on any atom is -0.358 e. The van der Waals surface area contributed by atoms with Crippen LogP contribution in [0.1, 0.15) is 11.3 Å². The molecule has 0 amide bonds. The van der Waals surface area contributed by atoms with Crippen LogP contribution in [0.3, 0.4) is 0 Å². The van der Waals surface area contributed by atoms with Crippen molar-refractivity contribution >= 4 is 34.3 Å². The Morgan fingerprint density at radius 1 is 1.19 bits per heavy atom. The highest BCUT2D eigenvalue weighted by Crippen LogP contribution is 2.38. The molecule has 3 aromatic rings. The number of rotatable bonds is 4. The lowest BCUT2D eigenvalue weighted by molar-refractivity contribution is 0.803. The van der Waals surface area contributed by atoms with E-state index >= 15 is 0 Å². The quantitative estimate of drug-likeness (QED) is 0.709. The summed E-state index contributed by atoms with van der Waals surface area (Å²) in [4.78, 5) is 5.91. The molecule has 0 aliphatic carbocycles. The van der Waals surface area contributed by atoms with Gasteiger partial charge in [-0.05, 0) is 37.7 Å². The van der Waals surface area contributed by atoms with Gasteiger partial charge in [0.1, 0.15) is 0 Å². The molecule has 108 valence electrons. The van der Waals surface area contributed by atoms with Crippen molar-refractivity contribution in [2.45, 2.75) is 23.3 Å². The summed E-state index contributed by atoms with van der Waals surface area (Å²) in [5.41, 5.74) is 3.63. The van der Waals surface area contributed by atoms with Gasteiger partial charge in [-0.25, -0.2) is 0 Å². The molecule has 0 aliphatic rings. The third kappa shape index (κ3) is 2.95. The van der Waals surface area contributed by atoms with Gasteiger partial charge in [-0.2, -0.15) is 0 Å². The van der Waals surface area contributed by atoms with Gasteiger partial charge < -0.3 is 10.3 Å². The van der Waals surface area contributed by atoms with Gasteiger partial charge in [0.05, 0.1) is 0 Å².